The van der Waals surface area contributed by atoms with Crippen molar-refractivity contribution in [3.63, 3.8) is 0 Å². The number of hydrogen-bond acceptors (Lipinski definition) is 3. The Bertz CT molecular complexity index is 630. The summed E-state index contributed by atoms with van der Waals surface area (Å²) in [6.07, 6.45) is 2.24. The molecule has 5 nitrogen and oxygen atoms in total. The monoisotopic (exact) mass is 324 g/mol. The smallest absolute Gasteiger partial charge is 0.241 e. The van der Waals surface area contributed by atoms with Crippen molar-refractivity contribution in [2.45, 2.75) is 56.4 Å². The highest BCUT2D eigenvalue weighted by Gasteiger charge is 2.27. The molecule has 1 atom stereocenters. The minimum absolute atomic E-state index is 0.0309. The van der Waals surface area contributed by atoms with Crippen LogP contribution >= 0.6 is 0 Å². The van der Waals surface area contributed by atoms with Crippen LogP contribution in [0, 0.1) is 0 Å². The van der Waals surface area contributed by atoms with E-state index < -0.39 is 16.1 Å². The third kappa shape index (κ3) is 4.08. The zero-order valence-corrected chi connectivity index (χ0v) is 14.2. The molecule has 0 aliphatic carbocycles. The first-order valence-corrected chi connectivity index (χ1v) is 9.09. The van der Waals surface area contributed by atoms with Crippen LogP contribution < -0.4 is 10.0 Å². The molecule has 1 aromatic carbocycles. The molecule has 1 aliphatic rings. The molecule has 1 saturated heterocycles. The second kappa shape index (κ2) is 6.38. The minimum Gasteiger partial charge on any atom is -0.355 e. The Balaban J connectivity index is 2.17. The summed E-state index contributed by atoms with van der Waals surface area (Å²) >= 11 is 0. The maximum atomic E-state index is 12.4. The molecular formula is C16H24N2O3S. The van der Waals surface area contributed by atoms with Gasteiger partial charge in [0, 0.05) is 6.54 Å². The van der Waals surface area contributed by atoms with Gasteiger partial charge >= 0.3 is 0 Å². The molecule has 0 unspecified atom stereocenters. The molecular weight excluding hydrogens is 300 g/mol. The molecule has 1 amide bonds. The average molecular weight is 324 g/mol. The highest BCUT2D eigenvalue weighted by Crippen LogP contribution is 2.23. The normalized spacial score (nSPS) is 20.3. The van der Waals surface area contributed by atoms with Crippen molar-refractivity contribution in [1.82, 2.24) is 10.0 Å². The molecule has 0 spiro atoms. The number of sulfonamides is 1. The lowest BCUT2D eigenvalue weighted by molar-refractivity contribution is -0.122. The first-order chi connectivity index (χ1) is 10.2. The fraction of sp³-hybridized carbons (Fsp3) is 0.562. The zero-order valence-electron chi connectivity index (χ0n) is 13.3. The van der Waals surface area contributed by atoms with Crippen molar-refractivity contribution in [3.8, 4) is 0 Å². The molecule has 22 heavy (non-hydrogen) atoms. The Labute approximate surface area is 132 Å². The lowest BCUT2D eigenvalue weighted by atomic mass is 9.87. The first kappa shape index (κ1) is 17.0. The van der Waals surface area contributed by atoms with Crippen LogP contribution in [-0.4, -0.2) is 26.9 Å². The number of benzene rings is 1. The van der Waals surface area contributed by atoms with Crippen molar-refractivity contribution in [1.29, 1.82) is 0 Å². The summed E-state index contributed by atoms with van der Waals surface area (Å²) in [6, 6.07) is 6.15. The van der Waals surface area contributed by atoms with Crippen molar-refractivity contribution in [2.75, 3.05) is 6.54 Å². The van der Waals surface area contributed by atoms with Gasteiger partial charge in [0.1, 0.15) is 6.04 Å². The summed E-state index contributed by atoms with van der Waals surface area (Å²) in [6.45, 7) is 6.83. The summed E-state index contributed by atoms with van der Waals surface area (Å²) in [5.41, 5.74) is 1.04. The topological polar surface area (TPSA) is 75.3 Å². The van der Waals surface area contributed by atoms with Gasteiger partial charge in [0.2, 0.25) is 15.9 Å². The van der Waals surface area contributed by atoms with Crippen molar-refractivity contribution in [3.05, 3.63) is 29.8 Å². The van der Waals surface area contributed by atoms with Gasteiger partial charge in [-0.25, -0.2) is 8.42 Å². The molecule has 2 N–H and O–H groups in total. The van der Waals surface area contributed by atoms with E-state index >= 15 is 0 Å². The Hall–Kier alpha value is -1.40. The molecule has 0 saturated carbocycles. The fourth-order valence-electron chi connectivity index (χ4n) is 2.44. The number of carbonyl (C=O) groups is 1. The van der Waals surface area contributed by atoms with E-state index in [9.17, 15) is 13.2 Å². The zero-order chi connectivity index (χ0) is 16.4. The van der Waals surface area contributed by atoms with E-state index in [1.54, 1.807) is 12.1 Å². The highest BCUT2D eigenvalue weighted by molar-refractivity contribution is 7.89. The van der Waals surface area contributed by atoms with Gasteiger partial charge in [-0.3, -0.25) is 4.79 Å². The molecule has 1 aliphatic heterocycles. The number of hydrogen-bond donors (Lipinski definition) is 2. The summed E-state index contributed by atoms with van der Waals surface area (Å²) in [7, 11) is -3.68. The van der Waals surface area contributed by atoms with Gasteiger partial charge in [-0.1, -0.05) is 32.9 Å². The van der Waals surface area contributed by atoms with E-state index in [-0.39, 0.29) is 16.2 Å². The van der Waals surface area contributed by atoms with Crippen LogP contribution in [0.2, 0.25) is 0 Å². The fourth-order valence-corrected chi connectivity index (χ4v) is 3.67. The molecule has 0 bridgehead atoms. The second-order valence-corrected chi connectivity index (χ2v) is 8.45. The summed E-state index contributed by atoms with van der Waals surface area (Å²) in [4.78, 5) is 12.1. The summed E-state index contributed by atoms with van der Waals surface area (Å²) in [5.74, 6) is -0.243. The van der Waals surface area contributed by atoms with Crippen LogP contribution in [0.5, 0.6) is 0 Å². The van der Waals surface area contributed by atoms with Gasteiger partial charge in [0.25, 0.3) is 0 Å². The standard InChI is InChI=1S/C16H24N2O3S/c1-16(2,3)12-7-9-13(10-8-12)22(20,21)18-14-6-4-5-11-17-15(14)19/h7-10,14,18H,4-6,11H2,1-3H3,(H,17,19)/t14-/m0/s1. The van der Waals surface area contributed by atoms with Gasteiger partial charge in [-0.2, -0.15) is 4.72 Å². The Morgan fingerprint density at radius 2 is 1.77 bits per heavy atom. The predicted octanol–water partition coefficient (Wildman–Crippen LogP) is 1.93. The molecule has 1 fully saturated rings. The van der Waals surface area contributed by atoms with Gasteiger partial charge < -0.3 is 5.32 Å². The van der Waals surface area contributed by atoms with Crippen molar-refractivity contribution >= 4 is 15.9 Å². The molecule has 0 radical (unpaired) electrons. The van der Waals surface area contributed by atoms with Crippen LogP contribution in [0.3, 0.4) is 0 Å². The van der Waals surface area contributed by atoms with Crippen molar-refractivity contribution in [2.24, 2.45) is 0 Å². The maximum absolute atomic E-state index is 12.4. The van der Waals surface area contributed by atoms with Crippen molar-refractivity contribution < 1.29 is 13.2 Å². The number of carbonyl (C=O) groups excluding carboxylic acids is 1. The van der Waals surface area contributed by atoms with Gasteiger partial charge in [-0.05, 0) is 42.4 Å². The van der Waals surface area contributed by atoms with E-state index in [2.05, 4.69) is 30.8 Å². The van der Waals surface area contributed by atoms with Crippen LogP contribution in [0.15, 0.2) is 29.2 Å². The van der Waals surface area contributed by atoms with Crippen LogP contribution in [0.4, 0.5) is 0 Å². The van der Waals surface area contributed by atoms with Crippen LogP contribution in [-0.2, 0) is 20.2 Å². The quantitative estimate of drug-likeness (QED) is 0.892. The van der Waals surface area contributed by atoms with Crippen LogP contribution in [0.25, 0.3) is 0 Å². The summed E-state index contributed by atoms with van der Waals surface area (Å²) < 4.78 is 27.4. The largest absolute Gasteiger partial charge is 0.355 e. The van der Waals surface area contributed by atoms with E-state index in [1.807, 2.05) is 12.1 Å². The Morgan fingerprint density at radius 3 is 2.36 bits per heavy atom. The Morgan fingerprint density at radius 1 is 1.14 bits per heavy atom. The third-order valence-electron chi connectivity index (χ3n) is 3.86. The predicted molar refractivity (Wildman–Crippen MR) is 86.1 cm³/mol. The molecule has 2 rings (SSSR count). The molecule has 6 heteroatoms. The Kier molecular flexibility index (Phi) is 4.92. The van der Waals surface area contributed by atoms with E-state index in [1.165, 1.54) is 0 Å². The van der Waals surface area contributed by atoms with E-state index in [4.69, 9.17) is 0 Å². The van der Waals surface area contributed by atoms with Gasteiger partial charge in [-0.15, -0.1) is 0 Å². The van der Waals surface area contributed by atoms with E-state index in [0.717, 1.165) is 18.4 Å². The van der Waals surface area contributed by atoms with Gasteiger partial charge in [0.05, 0.1) is 4.90 Å². The minimum atomic E-state index is -3.68. The molecule has 0 aromatic heterocycles. The third-order valence-corrected chi connectivity index (χ3v) is 5.35. The molecule has 1 aromatic rings. The number of rotatable bonds is 3. The molecule has 122 valence electrons. The highest BCUT2D eigenvalue weighted by atomic mass is 32.2. The molecule has 1 heterocycles. The first-order valence-electron chi connectivity index (χ1n) is 7.61. The number of amides is 1. The average Bonchev–Trinajstić information content (AvgIpc) is 2.63. The number of nitrogens with one attached hydrogen (secondary N) is 2. The second-order valence-electron chi connectivity index (χ2n) is 6.74. The van der Waals surface area contributed by atoms with Gasteiger partial charge in [0.15, 0.2) is 0 Å². The lowest BCUT2D eigenvalue weighted by Gasteiger charge is -2.20. The SMILES string of the molecule is CC(C)(C)c1ccc(S(=O)(=O)N[C@H]2CCCCNC2=O)cc1. The van der Waals surface area contributed by atoms with E-state index in [0.29, 0.717) is 13.0 Å². The lowest BCUT2D eigenvalue weighted by Crippen LogP contribution is -2.45. The van der Waals surface area contributed by atoms with Crippen LogP contribution in [0.1, 0.15) is 45.6 Å². The summed E-state index contributed by atoms with van der Waals surface area (Å²) in [5, 5.41) is 2.73. The maximum Gasteiger partial charge on any atom is 0.241 e.